The lowest BCUT2D eigenvalue weighted by Gasteiger charge is -2.14. The second kappa shape index (κ2) is 12.2. The smallest absolute Gasteiger partial charge is 0.200 e. The largest absolute Gasteiger partial charge is 0.497 e. The molecule has 0 aliphatic heterocycles. The van der Waals surface area contributed by atoms with Gasteiger partial charge in [0, 0.05) is 25.8 Å². The van der Waals surface area contributed by atoms with Crippen LogP contribution in [-0.2, 0) is 0 Å². The molecule has 0 aliphatic carbocycles. The van der Waals surface area contributed by atoms with Crippen molar-refractivity contribution in [2.24, 2.45) is 0 Å². The van der Waals surface area contributed by atoms with E-state index in [0.717, 1.165) is 9.79 Å². The summed E-state index contributed by atoms with van der Waals surface area (Å²) in [5.41, 5.74) is 2.26. The Bertz CT molecular complexity index is 1710. The molecule has 5 rings (SSSR count). The SMILES string of the molecule is COc1ccc(Sc2c(F)c(F)c(F)c(F)c2F)c(-c2ccc(Sc3cccc(C(=O)c4ccccc4)c3)cc2)c1. The van der Waals surface area contributed by atoms with Gasteiger partial charge < -0.3 is 4.74 Å². The van der Waals surface area contributed by atoms with Gasteiger partial charge in [0.05, 0.1) is 12.0 Å². The summed E-state index contributed by atoms with van der Waals surface area (Å²) < 4.78 is 75.3. The summed E-state index contributed by atoms with van der Waals surface area (Å²) in [5, 5.41) is 0. The zero-order valence-corrected chi connectivity index (χ0v) is 22.9. The fourth-order valence-corrected chi connectivity index (χ4v) is 5.91. The van der Waals surface area contributed by atoms with Crippen molar-refractivity contribution in [3.8, 4) is 16.9 Å². The highest BCUT2D eigenvalue weighted by atomic mass is 32.2. The molecule has 5 aromatic rings. The summed E-state index contributed by atoms with van der Waals surface area (Å²) in [6.07, 6.45) is 0. The van der Waals surface area contributed by atoms with E-state index in [-0.39, 0.29) is 10.7 Å². The van der Waals surface area contributed by atoms with Gasteiger partial charge in [0.1, 0.15) is 5.75 Å². The second-order valence-electron chi connectivity index (χ2n) is 8.71. The van der Waals surface area contributed by atoms with Gasteiger partial charge in [-0.05, 0) is 53.6 Å². The molecule has 0 aliphatic rings. The monoisotopic (exact) mass is 594 g/mol. The summed E-state index contributed by atoms with van der Waals surface area (Å²) in [7, 11) is 1.45. The van der Waals surface area contributed by atoms with Crippen LogP contribution >= 0.6 is 23.5 Å². The molecule has 5 aromatic carbocycles. The molecule has 0 bridgehead atoms. The van der Waals surface area contributed by atoms with Crippen LogP contribution in [0.4, 0.5) is 22.0 Å². The van der Waals surface area contributed by atoms with Crippen LogP contribution < -0.4 is 4.74 Å². The Morgan fingerprint density at radius 2 is 1.24 bits per heavy atom. The number of rotatable bonds is 8. The molecule has 0 saturated carbocycles. The average Bonchev–Trinajstić information content (AvgIpc) is 3.02. The average molecular weight is 595 g/mol. The molecule has 41 heavy (non-hydrogen) atoms. The molecule has 2 nitrogen and oxygen atoms in total. The molecule has 0 heterocycles. The topological polar surface area (TPSA) is 26.3 Å². The third-order valence-electron chi connectivity index (χ3n) is 6.10. The van der Waals surface area contributed by atoms with Gasteiger partial charge in [0.2, 0.25) is 5.82 Å². The van der Waals surface area contributed by atoms with Crippen LogP contribution in [0.25, 0.3) is 11.1 Å². The summed E-state index contributed by atoms with van der Waals surface area (Å²) in [5.74, 6) is -9.64. The van der Waals surface area contributed by atoms with Gasteiger partial charge in [0.25, 0.3) is 0 Å². The lowest BCUT2D eigenvalue weighted by molar-refractivity contribution is 0.103. The zero-order valence-electron chi connectivity index (χ0n) is 21.3. The van der Waals surface area contributed by atoms with Gasteiger partial charge >= 0.3 is 0 Å². The minimum atomic E-state index is -2.21. The summed E-state index contributed by atoms with van der Waals surface area (Å²) >= 11 is 1.88. The maximum absolute atomic E-state index is 14.4. The first-order valence-corrected chi connectivity index (χ1v) is 13.8. The van der Waals surface area contributed by atoms with E-state index in [0.29, 0.717) is 39.8 Å². The Hall–Kier alpha value is -4.08. The highest BCUT2D eigenvalue weighted by Crippen LogP contribution is 2.42. The minimum Gasteiger partial charge on any atom is -0.497 e. The van der Waals surface area contributed by atoms with Gasteiger partial charge in [0.15, 0.2) is 29.1 Å². The Labute approximate surface area is 241 Å². The van der Waals surface area contributed by atoms with Crippen molar-refractivity contribution in [2.75, 3.05) is 7.11 Å². The van der Waals surface area contributed by atoms with E-state index < -0.39 is 34.0 Å². The van der Waals surface area contributed by atoms with Crippen molar-refractivity contribution < 1.29 is 31.5 Å². The molecular weight excluding hydrogens is 575 g/mol. The van der Waals surface area contributed by atoms with E-state index in [1.807, 2.05) is 48.5 Å². The van der Waals surface area contributed by atoms with Crippen molar-refractivity contribution in [1.82, 2.24) is 0 Å². The standard InChI is InChI=1S/C32H19F5O2S2/c1-39-21-12-15-25(41-32-29(36)27(34)26(33)28(35)30(32)37)24(17-21)18-10-13-22(14-11-18)40-23-9-5-8-20(16-23)31(38)19-6-3-2-4-7-19/h2-17H,1H3. The van der Waals surface area contributed by atoms with Crippen LogP contribution in [0.3, 0.4) is 0 Å². The van der Waals surface area contributed by atoms with Gasteiger partial charge in [-0.1, -0.05) is 78.1 Å². The highest BCUT2D eigenvalue weighted by Gasteiger charge is 2.27. The first-order valence-electron chi connectivity index (χ1n) is 12.1. The van der Waals surface area contributed by atoms with Gasteiger partial charge in [-0.3, -0.25) is 4.79 Å². The van der Waals surface area contributed by atoms with Crippen LogP contribution in [0.5, 0.6) is 5.75 Å². The molecule has 9 heteroatoms. The van der Waals surface area contributed by atoms with Crippen LogP contribution in [0, 0.1) is 29.1 Å². The maximum Gasteiger partial charge on any atom is 0.200 e. The van der Waals surface area contributed by atoms with Crippen molar-refractivity contribution in [2.45, 2.75) is 19.6 Å². The van der Waals surface area contributed by atoms with E-state index in [4.69, 9.17) is 4.74 Å². The predicted octanol–water partition coefficient (Wildman–Crippen LogP) is 9.59. The third-order valence-corrected chi connectivity index (χ3v) is 8.24. The lowest BCUT2D eigenvalue weighted by atomic mass is 10.0. The number of hydrogen-bond donors (Lipinski definition) is 0. The lowest BCUT2D eigenvalue weighted by Crippen LogP contribution is -2.03. The van der Waals surface area contributed by atoms with E-state index in [1.54, 1.807) is 36.4 Å². The fourth-order valence-electron chi connectivity index (χ4n) is 4.03. The van der Waals surface area contributed by atoms with Gasteiger partial charge in [-0.2, -0.15) is 0 Å². The normalized spacial score (nSPS) is 11.0. The van der Waals surface area contributed by atoms with E-state index in [1.165, 1.54) is 31.0 Å². The fraction of sp³-hybridized carbons (Fsp3) is 0.0312. The Morgan fingerprint density at radius 1 is 0.610 bits per heavy atom. The molecule has 0 saturated heterocycles. The molecule has 0 fully saturated rings. The Morgan fingerprint density at radius 3 is 1.90 bits per heavy atom. The molecule has 0 N–H and O–H groups in total. The predicted molar refractivity (Wildman–Crippen MR) is 149 cm³/mol. The molecule has 0 amide bonds. The highest BCUT2D eigenvalue weighted by molar-refractivity contribution is 7.99. The van der Waals surface area contributed by atoms with Crippen molar-refractivity contribution in [3.05, 3.63) is 137 Å². The van der Waals surface area contributed by atoms with E-state index in [2.05, 4.69) is 0 Å². The summed E-state index contributed by atoms with van der Waals surface area (Å²) in [6.45, 7) is 0. The Balaban J connectivity index is 1.42. The van der Waals surface area contributed by atoms with Crippen LogP contribution in [-0.4, -0.2) is 12.9 Å². The van der Waals surface area contributed by atoms with Gasteiger partial charge in [-0.25, -0.2) is 22.0 Å². The number of hydrogen-bond acceptors (Lipinski definition) is 4. The molecule has 206 valence electrons. The number of carbonyl (C=O) groups excluding carboxylic acids is 1. The summed E-state index contributed by atoms with van der Waals surface area (Å²) in [6, 6.07) is 28.1. The van der Waals surface area contributed by atoms with E-state index >= 15 is 0 Å². The van der Waals surface area contributed by atoms with Gasteiger partial charge in [-0.15, -0.1) is 0 Å². The number of benzene rings is 5. The van der Waals surface area contributed by atoms with Crippen LogP contribution in [0.15, 0.2) is 117 Å². The number of halogens is 5. The maximum atomic E-state index is 14.4. The molecular formula is C32H19F5O2S2. The first kappa shape index (κ1) is 28.4. The number of methoxy groups -OCH3 is 1. The quantitative estimate of drug-likeness (QED) is 0.0774. The minimum absolute atomic E-state index is 0.0831. The molecule has 0 aromatic heterocycles. The third kappa shape index (κ3) is 6.01. The molecule has 0 spiro atoms. The number of ketones is 1. The number of ether oxygens (including phenoxy) is 1. The zero-order chi connectivity index (χ0) is 29.1. The number of carbonyl (C=O) groups is 1. The van der Waals surface area contributed by atoms with E-state index in [9.17, 15) is 26.7 Å². The second-order valence-corrected chi connectivity index (χ2v) is 10.9. The molecule has 0 unspecified atom stereocenters. The van der Waals surface area contributed by atoms with Crippen molar-refractivity contribution >= 4 is 29.3 Å². The molecule has 0 atom stereocenters. The van der Waals surface area contributed by atoms with Crippen molar-refractivity contribution in [3.63, 3.8) is 0 Å². The Kier molecular flexibility index (Phi) is 8.46. The van der Waals surface area contributed by atoms with Crippen LogP contribution in [0.1, 0.15) is 15.9 Å². The van der Waals surface area contributed by atoms with Crippen LogP contribution in [0.2, 0.25) is 0 Å². The molecule has 0 radical (unpaired) electrons. The summed E-state index contributed by atoms with van der Waals surface area (Å²) in [4.78, 5) is 13.8. The van der Waals surface area contributed by atoms with Crippen molar-refractivity contribution in [1.29, 1.82) is 0 Å². The first-order chi connectivity index (χ1) is 19.8.